The smallest absolute Gasteiger partial charge is 0.141 e. The number of pyridine rings is 1. The van der Waals surface area contributed by atoms with E-state index in [9.17, 15) is 0 Å². The molecule has 0 atom stereocenters. The molecule has 130 valence electrons. The number of imidazole rings is 1. The van der Waals surface area contributed by atoms with E-state index >= 15 is 0 Å². The fraction of sp³-hybridized carbons (Fsp3) is 0.300. The molecule has 2 heterocycles. The monoisotopic (exact) mass is 335 g/mol. The van der Waals surface area contributed by atoms with Crippen molar-refractivity contribution in [2.75, 3.05) is 33.1 Å². The largest absolute Gasteiger partial charge is 0.363 e. The van der Waals surface area contributed by atoms with Crippen LogP contribution in [0.3, 0.4) is 0 Å². The Morgan fingerprint density at radius 3 is 2.44 bits per heavy atom. The summed E-state index contributed by atoms with van der Waals surface area (Å²) in [6.45, 7) is 1.74. The van der Waals surface area contributed by atoms with Crippen molar-refractivity contribution >= 4 is 5.82 Å². The minimum Gasteiger partial charge on any atom is -0.363 e. The Bertz CT molecular complexity index is 818. The van der Waals surface area contributed by atoms with Crippen LogP contribution >= 0.6 is 0 Å². The lowest BCUT2D eigenvalue weighted by Gasteiger charge is -2.13. The van der Waals surface area contributed by atoms with Gasteiger partial charge in [0.2, 0.25) is 0 Å². The van der Waals surface area contributed by atoms with Crippen LogP contribution in [-0.4, -0.2) is 47.6 Å². The predicted molar refractivity (Wildman–Crippen MR) is 103 cm³/mol. The summed E-state index contributed by atoms with van der Waals surface area (Å²) in [6, 6.07) is 12.8. The van der Waals surface area contributed by atoms with Crippen LogP contribution in [0.15, 0.2) is 55.0 Å². The first kappa shape index (κ1) is 17.2. The van der Waals surface area contributed by atoms with Gasteiger partial charge in [0.25, 0.3) is 0 Å². The van der Waals surface area contributed by atoms with Gasteiger partial charge < -0.3 is 14.4 Å². The molecule has 5 nitrogen and oxygen atoms in total. The minimum atomic E-state index is 0.798. The number of benzene rings is 1. The van der Waals surface area contributed by atoms with E-state index in [0.717, 1.165) is 30.3 Å². The quantitative estimate of drug-likeness (QED) is 0.694. The second kappa shape index (κ2) is 7.49. The highest BCUT2D eigenvalue weighted by Gasteiger charge is 2.08. The van der Waals surface area contributed by atoms with Gasteiger partial charge in [-0.05, 0) is 37.4 Å². The Balaban J connectivity index is 1.82. The number of aromatic nitrogens is 3. The number of anilines is 1. The van der Waals surface area contributed by atoms with Crippen LogP contribution in [0.5, 0.6) is 0 Å². The zero-order valence-corrected chi connectivity index (χ0v) is 15.3. The Hall–Kier alpha value is -2.66. The van der Waals surface area contributed by atoms with Crippen LogP contribution in [-0.2, 0) is 13.1 Å². The third-order valence-electron chi connectivity index (χ3n) is 4.02. The molecule has 1 aromatic carbocycles. The Kier molecular flexibility index (Phi) is 5.14. The molecule has 3 aromatic rings. The van der Waals surface area contributed by atoms with E-state index in [0.29, 0.717) is 0 Å². The van der Waals surface area contributed by atoms with Gasteiger partial charge in [-0.1, -0.05) is 24.3 Å². The van der Waals surface area contributed by atoms with Crippen LogP contribution < -0.4 is 4.90 Å². The second-order valence-corrected chi connectivity index (χ2v) is 6.74. The van der Waals surface area contributed by atoms with Crippen molar-refractivity contribution in [3.63, 3.8) is 0 Å². The standard InChI is InChI=1S/C20H25N5/c1-23(2)14-16-6-5-7-17(12-16)15-25-11-10-21-20(25)18-8-9-19(22-13-18)24(3)4/h5-13H,14-15H2,1-4H3. The zero-order chi connectivity index (χ0) is 17.8. The highest BCUT2D eigenvalue weighted by Crippen LogP contribution is 2.20. The fourth-order valence-corrected chi connectivity index (χ4v) is 2.87. The Morgan fingerprint density at radius 2 is 1.76 bits per heavy atom. The maximum absolute atomic E-state index is 4.53. The van der Waals surface area contributed by atoms with E-state index in [1.54, 1.807) is 0 Å². The van der Waals surface area contributed by atoms with E-state index in [2.05, 4.69) is 63.9 Å². The van der Waals surface area contributed by atoms with Gasteiger partial charge in [0.1, 0.15) is 11.6 Å². The summed E-state index contributed by atoms with van der Waals surface area (Å²) in [5, 5.41) is 0. The zero-order valence-electron chi connectivity index (χ0n) is 15.3. The molecule has 25 heavy (non-hydrogen) atoms. The van der Waals surface area contributed by atoms with Gasteiger partial charge in [0.15, 0.2) is 0 Å². The number of rotatable bonds is 6. The average molecular weight is 335 g/mol. The highest BCUT2D eigenvalue weighted by atomic mass is 15.1. The molecule has 0 saturated heterocycles. The van der Waals surface area contributed by atoms with Crippen LogP contribution in [0.25, 0.3) is 11.4 Å². The molecule has 2 aromatic heterocycles. The molecule has 0 unspecified atom stereocenters. The summed E-state index contributed by atoms with van der Waals surface area (Å²) in [5.74, 6) is 1.88. The van der Waals surface area contributed by atoms with E-state index in [1.165, 1.54) is 11.1 Å². The van der Waals surface area contributed by atoms with Crippen LogP contribution in [0.2, 0.25) is 0 Å². The third kappa shape index (κ3) is 4.25. The van der Waals surface area contributed by atoms with Crippen LogP contribution in [0.4, 0.5) is 5.82 Å². The summed E-state index contributed by atoms with van der Waals surface area (Å²) >= 11 is 0. The molecule has 5 heteroatoms. The van der Waals surface area contributed by atoms with Gasteiger partial charge in [0.05, 0.1) is 0 Å². The SMILES string of the molecule is CN(C)Cc1cccc(Cn2ccnc2-c2ccc(N(C)C)nc2)c1. The van der Waals surface area contributed by atoms with E-state index in [4.69, 9.17) is 0 Å². The van der Waals surface area contributed by atoms with Gasteiger partial charge in [-0.25, -0.2) is 9.97 Å². The molecule has 0 radical (unpaired) electrons. The summed E-state index contributed by atoms with van der Waals surface area (Å²) in [5.41, 5.74) is 3.62. The molecular weight excluding hydrogens is 310 g/mol. The lowest BCUT2D eigenvalue weighted by Crippen LogP contribution is -2.11. The van der Waals surface area contributed by atoms with Gasteiger partial charge in [0, 0.05) is 51.3 Å². The third-order valence-corrected chi connectivity index (χ3v) is 4.02. The van der Waals surface area contributed by atoms with Crippen LogP contribution in [0.1, 0.15) is 11.1 Å². The first-order valence-corrected chi connectivity index (χ1v) is 8.40. The average Bonchev–Trinajstić information content (AvgIpc) is 3.02. The van der Waals surface area contributed by atoms with Crippen molar-refractivity contribution < 1.29 is 0 Å². The maximum Gasteiger partial charge on any atom is 0.141 e. The normalized spacial score (nSPS) is 11.1. The highest BCUT2D eigenvalue weighted by molar-refractivity contribution is 5.57. The minimum absolute atomic E-state index is 0.798. The van der Waals surface area contributed by atoms with Crippen molar-refractivity contribution in [3.8, 4) is 11.4 Å². The molecule has 0 spiro atoms. The Morgan fingerprint density at radius 1 is 0.960 bits per heavy atom. The van der Waals surface area contributed by atoms with Crippen LogP contribution in [0, 0.1) is 0 Å². The topological polar surface area (TPSA) is 37.2 Å². The molecule has 0 aliphatic heterocycles. The molecular formula is C20H25N5. The van der Waals surface area contributed by atoms with Crippen molar-refractivity contribution in [1.29, 1.82) is 0 Å². The van der Waals surface area contributed by atoms with Gasteiger partial charge in [-0.15, -0.1) is 0 Å². The Labute approximate surface area is 149 Å². The number of hydrogen-bond donors (Lipinski definition) is 0. The molecule has 0 N–H and O–H groups in total. The predicted octanol–water partition coefficient (Wildman–Crippen LogP) is 3.12. The molecule has 0 amide bonds. The molecule has 0 saturated carbocycles. The first-order valence-electron chi connectivity index (χ1n) is 8.40. The molecule has 3 rings (SSSR count). The van der Waals surface area contributed by atoms with E-state index in [-0.39, 0.29) is 0 Å². The van der Waals surface area contributed by atoms with E-state index in [1.807, 2.05) is 43.7 Å². The summed E-state index contributed by atoms with van der Waals surface area (Å²) in [4.78, 5) is 13.2. The number of hydrogen-bond acceptors (Lipinski definition) is 4. The molecule has 0 fully saturated rings. The number of nitrogens with zero attached hydrogens (tertiary/aromatic N) is 5. The summed E-state index contributed by atoms with van der Waals surface area (Å²) in [7, 11) is 8.16. The van der Waals surface area contributed by atoms with Crippen molar-refractivity contribution in [1.82, 2.24) is 19.4 Å². The van der Waals surface area contributed by atoms with Crippen molar-refractivity contribution in [3.05, 3.63) is 66.1 Å². The second-order valence-electron chi connectivity index (χ2n) is 6.74. The van der Waals surface area contributed by atoms with Crippen molar-refractivity contribution in [2.45, 2.75) is 13.1 Å². The lowest BCUT2D eigenvalue weighted by atomic mass is 10.1. The first-order chi connectivity index (χ1) is 12.0. The lowest BCUT2D eigenvalue weighted by molar-refractivity contribution is 0.402. The van der Waals surface area contributed by atoms with Gasteiger partial charge in [-0.3, -0.25) is 0 Å². The van der Waals surface area contributed by atoms with Gasteiger partial charge in [-0.2, -0.15) is 0 Å². The summed E-state index contributed by atoms with van der Waals surface area (Å²) < 4.78 is 2.17. The van der Waals surface area contributed by atoms with E-state index < -0.39 is 0 Å². The van der Waals surface area contributed by atoms with Gasteiger partial charge >= 0.3 is 0 Å². The summed E-state index contributed by atoms with van der Waals surface area (Å²) in [6.07, 6.45) is 5.75. The molecule has 0 bridgehead atoms. The molecule has 0 aliphatic carbocycles. The fourth-order valence-electron chi connectivity index (χ4n) is 2.87. The maximum atomic E-state index is 4.53. The van der Waals surface area contributed by atoms with Crippen molar-refractivity contribution in [2.24, 2.45) is 0 Å². The molecule has 0 aliphatic rings.